The molecule has 1 fully saturated rings. The highest BCUT2D eigenvalue weighted by Gasteiger charge is 2.29. The fourth-order valence-corrected chi connectivity index (χ4v) is 5.16. The quantitative estimate of drug-likeness (QED) is 0.612. The Hall–Kier alpha value is -3.17. The van der Waals surface area contributed by atoms with Crippen molar-refractivity contribution in [1.82, 2.24) is 14.3 Å². The van der Waals surface area contributed by atoms with Crippen LogP contribution in [0.5, 0.6) is 5.75 Å². The van der Waals surface area contributed by atoms with Crippen molar-refractivity contribution in [2.24, 2.45) is 0 Å². The second-order valence-electron chi connectivity index (χ2n) is 7.76. The highest BCUT2D eigenvalue weighted by Crippen LogP contribution is 2.23. The Labute approximate surface area is 188 Å². The lowest BCUT2D eigenvalue weighted by molar-refractivity contribution is 0.382. The van der Waals surface area contributed by atoms with Crippen LogP contribution in [0.25, 0.3) is 0 Å². The smallest absolute Gasteiger partial charge is 0.243 e. The van der Waals surface area contributed by atoms with Crippen molar-refractivity contribution < 1.29 is 13.2 Å². The van der Waals surface area contributed by atoms with Crippen molar-refractivity contribution in [3.05, 3.63) is 65.9 Å². The molecule has 9 heteroatoms. The largest absolute Gasteiger partial charge is 0.497 e. The normalized spacial score (nSPS) is 14.9. The first-order valence-corrected chi connectivity index (χ1v) is 11.9. The number of benzene rings is 2. The van der Waals surface area contributed by atoms with Gasteiger partial charge in [-0.15, -0.1) is 0 Å². The topological polar surface area (TPSA) is 87.7 Å². The second kappa shape index (κ2) is 9.13. The van der Waals surface area contributed by atoms with E-state index in [1.807, 2.05) is 55.1 Å². The van der Waals surface area contributed by atoms with Gasteiger partial charge in [0, 0.05) is 43.6 Å². The zero-order valence-electron chi connectivity index (χ0n) is 18.4. The number of aryl methyl sites for hydroxylation is 2. The van der Waals surface area contributed by atoms with Gasteiger partial charge in [-0.2, -0.15) is 9.29 Å². The van der Waals surface area contributed by atoms with Crippen LogP contribution in [-0.4, -0.2) is 56.0 Å². The predicted octanol–water partition coefficient (Wildman–Crippen LogP) is 3.36. The van der Waals surface area contributed by atoms with Crippen molar-refractivity contribution in [1.29, 1.82) is 0 Å². The monoisotopic (exact) mass is 453 g/mol. The van der Waals surface area contributed by atoms with Crippen LogP contribution in [0.1, 0.15) is 11.3 Å². The number of sulfonamides is 1. The van der Waals surface area contributed by atoms with Crippen LogP contribution in [0.15, 0.2) is 59.5 Å². The summed E-state index contributed by atoms with van der Waals surface area (Å²) >= 11 is 0. The molecule has 0 saturated carbocycles. The molecule has 2 heterocycles. The summed E-state index contributed by atoms with van der Waals surface area (Å²) in [5.74, 6) is 2.06. The van der Waals surface area contributed by atoms with Crippen molar-refractivity contribution in [2.75, 3.05) is 43.5 Å². The highest BCUT2D eigenvalue weighted by molar-refractivity contribution is 7.89. The Morgan fingerprint density at radius 1 is 0.938 bits per heavy atom. The van der Waals surface area contributed by atoms with Crippen LogP contribution < -0.4 is 15.0 Å². The third kappa shape index (κ3) is 4.84. The number of nitrogens with zero attached hydrogens (tertiary/aromatic N) is 4. The van der Waals surface area contributed by atoms with E-state index < -0.39 is 10.0 Å². The molecular weight excluding hydrogens is 426 g/mol. The van der Waals surface area contributed by atoms with Gasteiger partial charge in [-0.3, -0.25) is 0 Å². The van der Waals surface area contributed by atoms with Crippen molar-refractivity contribution in [2.45, 2.75) is 18.7 Å². The van der Waals surface area contributed by atoms with Crippen LogP contribution in [-0.2, 0) is 10.0 Å². The first kappa shape index (κ1) is 22.0. The lowest BCUT2D eigenvalue weighted by atomic mass is 10.2. The summed E-state index contributed by atoms with van der Waals surface area (Å²) in [5.41, 5.74) is 2.65. The standard InChI is InChI=1S/C23H27N5O3S/c1-17-5-4-6-21(15-17)32(29,30)28-13-11-27(12-14-28)23-24-18(2)16-22(26-23)25-19-7-9-20(31-3)10-8-19/h4-10,15-16H,11-14H2,1-3H3,(H,24,25,26). The number of methoxy groups -OCH3 is 1. The van der Waals surface area contributed by atoms with Crippen LogP contribution >= 0.6 is 0 Å². The number of piperazine rings is 1. The Morgan fingerprint density at radius 3 is 2.31 bits per heavy atom. The van der Waals surface area contributed by atoms with Gasteiger partial charge in [-0.05, 0) is 55.8 Å². The number of hydrogen-bond donors (Lipinski definition) is 1. The van der Waals surface area contributed by atoms with Crippen molar-refractivity contribution in [3.8, 4) is 5.75 Å². The van der Waals surface area contributed by atoms with E-state index in [-0.39, 0.29) is 0 Å². The van der Waals surface area contributed by atoms with Crippen LogP contribution in [0.4, 0.5) is 17.5 Å². The number of hydrogen-bond acceptors (Lipinski definition) is 7. The van der Waals surface area contributed by atoms with E-state index in [9.17, 15) is 8.42 Å². The second-order valence-corrected chi connectivity index (χ2v) is 9.69. The van der Waals surface area contributed by atoms with Gasteiger partial charge in [-0.1, -0.05) is 12.1 Å². The Balaban J connectivity index is 1.46. The summed E-state index contributed by atoms with van der Waals surface area (Å²) in [7, 11) is -1.88. The number of ether oxygens (including phenoxy) is 1. The highest BCUT2D eigenvalue weighted by atomic mass is 32.2. The molecule has 1 aliphatic heterocycles. The molecule has 4 rings (SSSR count). The fraction of sp³-hybridized carbons (Fsp3) is 0.304. The van der Waals surface area contributed by atoms with Crippen LogP contribution in [0.2, 0.25) is 0 Å². The number of anilines is 3. The van der Waals surface area contributed by atoms with E-state index in [2.05, 4.69) is 15.3 Å². The first-order chi connectivity index (χ1) is 15.3. The van der Waals surface area contributed by atoms with Crippen LogP contribution in [0.3, 0.4) is 0 Å². The molecule has 0 aliphatic carbocycles. The summed E-state index contributed by atoms with van der Waals surface area (Å²) in [6.45, 7) is 5.63. The molecular formula is C23H27N5O3S. The maximum atomic E-state index is 13.0. The molecule has 1 aliphatic rings. The Kier molecular flexibility index (Phi) is 6.29. The van der Waals surface area contributed by atoms with Gasteiger partial charge < -0.3 is 15.0 Å². The van der Waals surface area contributed by atoms with Gasteiger partial charge in [0.15, 0.2) is 0 Å². The molecule has 0 bridgehead atoms. The molecule has 0 spiro atoms. The van der Waals surface area contributed by atoms with Gasteiger partial charge in [0.25, 0.3) is 0 Å². The lowest BCUT2D eigenvalue weighted by Gasteiger charge is -2.34. The summed E-state index contributed by atoms with van der Waals surface area (Å²) in [4.78, 5) is 11.6. The summed E-state index contributed by atoms with van der Waals surface area (Å²) < 4.78 is 32.7. The molecule has 8 nitrogen and oxygen atoms in total. The van der Waals surface area contributed by atoms with Gasteiger partial charge >= 0.3 is 0 Å². The maximum Gasteiger partial charge on any atom is 0.243 e. The maximum absolute atomic E-state index is 13.0. The van der Waals surface area contributed by atoms with Crippen molar-refractivity contribution in [3.63, 3.8) is 0 Å². The zero-order chi connectivity index (χ0) is 22.7. The minimum absolute atomic E-state index is 0.337. The van der Waals surface area contributed by atoms with E-state index in [0.717, 1.165) is 22.7 Å². The molecule has 0 atom stereocenters. The third-order valence-corrected chi connectivity index (χ3v) is 7.25. The number of aromatic nitrogens is 2. The van der Waals surface area contributed by atoms with E-state index in [1.54, 1.807) is 25.3 Å². The first-order valence-electron chi connectivity index (χ1n) is 10.4. The van der Waals surface area contributed by atoms with Gasteiger partial charge in [-0.25, -0.2) is 13.4 Å². The van der Waals surface area contributed by atoms with E-state index in [1.165, 1.54) is 4.31 Å². The van der Waals surface area contributed by atoms with E-state index >= 15 is 0 Å². The molecule has 0 unspecified atom stereocenters. The van der Waals surface area contributed by atoms with E-state index in [4.69, 9.17) is 4.74 Å². The van der Waals surface area contributed by atoms with Crippen LogP contribution in [0, 0.1) is 13.8 Å². The summed E-state index contributed by atoms with van der Waals surface area (Å²) in [5, 5.41) is 3.30. The molecule has 1 N–H and O–H groups in total. The molecule has 32 heavy (non-hydrogen) atoms. The minimum Gasteiger partial charge on any atom is -0.497 e. The van der Waals surface area contributed by atoms with Gasteiger partial charge in [0.05, 0.1) is 12.0 Å². The van der Waals surface area contributed by atoms with Gasteiger partial charge in [0.1, 0.15) is 11.6 Å². The zero-order valence-corrected chi connectivity index (χ0v) is 19.3. The molecule has 0 amide bonds. The number of nitrogens with one attached hydrogen (secondary N) is 1. The molecule has 1 aromatic heterocycles. The third-order valence-electron chi connectivity index (χ3n) is 5.35. The number of rotatable bonds is 6. The predicted molar refractivity (Wildman–Crippen MR) is 125 cm³/mol. The Morgan fingerprint density at radius 2 is 1.66 bits per heavy atom. The summed E-state index contributed by atoms with van der Waals surface area (Å²) in [6.07, 6.45) is 0. The van der Waals surface area contributed by atoms with Crippen molar-refractivity contribution >= 4 is 27.5 Å². The van der Waals surface area contributed by atoms with E-state index in [0.29, 0.717) is 42.8 Å². The molecule has 168 valence electrons. The minimum atomic E-state index is -3.51. The SMILES string of the molecule is COc1ccc(Nc2cc(C)nc(N3CCN(S(=O)(=O)c4cccc(C)c4)CC3)n2)cc1. The average Bonchev–Trinajstić information content (AvgIpc) is 2.79. The average molecular weight is 454 g/mol. The Bertz CT molecular complexity index is 1190. The van der Waals surface area contributed by atoms with Gasteiger partial charge in [0.2, 0.25) is 16.0 Å². The summed E-state index contributed by atoms with van der Waals surface area (Å²) in [6, 6.07) is 16.5. The molecule has 3 aromatic rings. The molecule has 0 radical (unpaired) electrons. The fourth-order valence-electron chi connectivity index (χ4n) is 3.63. The lowest BCUT2D eigenvalue weighted by Crippen LogP contribution is -2.49. The molecule has 2 aromatic carbocycles. The molecule has 1 saturated heterocycles.